The van der Waals surface area contributed by atoms with Gasteiger partial charge in [0.05, 0.1) is 0 Å². The maximum absolute atomic E-state index is 6.08. The van der Waals surface area contributed by atoms with Crippen molar-refractivity contribution in [2.24, 2.45) is 5.73 Å². The Hall–Kier alpha value is -0.770. The van der Waals surface area contributed by atoms with Gasteiger partial charge in [0.2, 0.25) is 0 Å². The van der Waals surface area contributed by atoms with Crippen molar-refractivity contribution in [1.82, 2.24) is 4.90 Å². The molecule has 2 N–H and O–H groups in total. The minimum absolute atomic E-state index is 0.181. The van der Waals surface area contributed by atoms with Gasteiger partial charge in [0, 0.05) is 49.0 Å². The first-order valence-corrected chi connectivity index (χ1v) is 7.98. The summed E-state index contributed by atoms with van der Waals surface area (Å²) in [7, 11) is 0. The van der Waals surface area contributed by atoms with E-state index in [1.54, 1.807) is 0 Å². The monoisotopic (exact) mass is 295 g/mol. The third kappa shape index (κ3) is 3.11. The molecule has 0 radical (unpaired) electrons. The highest BCUT2D eigenvalue weighted by Crippen LogP contribution is 2.26. The van der Waals surface area contributed by atoms with Crippen molar-refractivity contribution in [3.8, 4) is 0 Å². The Labute approximate surface area is 127 Å². The number of halogens is 1. The van der Waals surface area contributed by atoms with Crippen molar-refractivity contribution in [2.45, 2.75) is 32.2 Å². The molecule has 112 valence electrons. The van der Waals surface area contributed by atoms with E-state index < -0.39 is 0 Å². The average Bonchev–Trinajstić information content (AvgIpc) is 2.50. The lowest BCUT2D eigenvalue weighted by Crippen LogP contribution is -2.59. The summed E-state index contributed by atoms with van der Waals surface area (Å²) in [6.45, 7) is 9.48. The number of piperazine rings is 1. The lowest BCUT2D eigenvalue weighted by atomic mass is 9.90. The molecule has 1 aromatic rings. The van der Waals surface area contributed by atoms with Crippen LogP contribution in [0.25, 0.3) is 0 Å². The molecule has 0 bridgehead atoms. The van der Waals surface area contributed by atoms with Crippen molar-refractivity contribution in [2.75, 3.05) is 37.6 Å². The number of rotatable bonds is 5. The Balaban J connectivity index is 2.02. The summed E-state index contributed by atoms with van der Waals surface area (Å²) >= 11 is 6.08. The van der Waals surface area contributed by atoms with Crippen LogP contribution in [0, 0.1) is 0 Å². The van der Waals surface area contributed by atoms with E-state index in [1.807, 2.05) is 18.2 Å². The first-order valence-electron chi connectivity index (χ1n) is 7.61. The van der Waals surface area contributed by atoms with Crippen LogP contribution in [0.1, 0.15) is 26.7 Å². The zero-order chi connectivity index (χ0) is 14.6. The summed E-state index contributed by atoms with van der Waals surface area (Å²) < 4.78 is 0. The summed E-state index contributed by atoms with van der Waals surface area (Å²) in [5, 5.41) is 0.809. The topological polar surface area (TPSA) is 32.5 Å². The number of hydrogen-bond acceptors (Lipinski definition) is 3. The third-order valence-corrected chi connectivity index (χ3v) is 5.06. The third-order valence-electron chi connectivity index (χ3n) is 4.82. The molecule has 1 aliphatic rings. The summed E-state index contributed by atoms with van der Waals surface area (Å²) in [4.78, 5) is 4.99. The first kappa shape index (κ1) is 15.6. The summed E-state index contributed by atoms with van der Waals surface area (Å²) in [6.07, 6.45) is 2.24. The van der Waals surface area contributed by atoms with E-state index >= 15 is 0 Å². The highest BCUT2D eigenvalue weighted by atomic mass is 35.5. The molecule has 1 saturated heterocycles. The van der Waals surface area contributed by atoms with Gasteiger partial charge in [-0.3, -0.25) is 4.90 Å². The van der Waals surface area contributed by atoms with Gasteiger partial charge in [-0.15, -0.1) is 0 Å². The normalized spacial score (nSPS) is 17.5. The molecule has 1 aliphatic heterocycles. The molecule has 0 saturated carbocycles. The molecule has 1 fully saturated rings. The number of nitrogens with zero attached hydrogens (tertiary/aromatic N) is 2. The van der Waals surface area contributed by atoms with Gasteiger partial charge in [0.25, 0.3) is 0 Å². The molecule has 20 heavy (non-hydrogen) atoms. The highest BCUT2D eigenvalue weighted by molar-refractivity contribution is 6.30. The second kappa shape index (κ2) is 6.79. The summed E-state index contributed by atoms with van der Waals surface area (Å²) in [5.41, 5.74) is 7.46. The Morgan fingerprint density at radius 1 is 1.15 bits per heavy atom. The number of anilines is 1. The first-order chi connectivity index (χ1) is 9.65. The van der Waals surface area contributed by atoms with Crippen LogP contribution in [0.3, 0.4) is 0 Å². The van der Waals surface area contributed by atoms with Crippen LogP contribution >= 0.6 is 11.6 Å². The zero-order valence-electron chi connectivity index (χ0n) is 12.6. The van der Waals surface area contributed by atoms with Crippen LogP contribution in [0.2, 0.25) is 5.02 Å². The SMILES string of the molecule is CCC(CC)(CN)N1CCN(c2cccc(Cl)c2)CC1. The molecule has 4 heteroatoms. The lowest BCUT2D eigenvalue weighted by molar-refractivity contribution is 0.0786. The maximum atomic E-state index is 6.08. The molecular formula is C16H26ClN3. The van der Waals surface area contributed by atoms with E-state index in [0.717, 1.165) is 50.6 Å². The van der Waals surface area contributed by atoms with Gasteiger partial charge >= 0.3 is 0 Å². The smallest absolute Gasteiger partial charge is 0.0426 e. The molecule has 1 heterocycles. The molecule has 0 unspecified atom stereocenters. The van der Waals surface area contributed by atoms with E-state index in [4.69, 9.17) is 17.3 Å². The average molecular weight is 296 g/mol. The predicted octanol–water partition coefficient (Wildman–Crippen LogP) is 2.98. The van der Waals surface area contributed by atoms with Crippen LogP contribution in [0.15, 0.2) is 24.3 Å². The molecule has 0 amide bonds. The second-order valence-corrected chi connectivity index (χ2v) is 6.03. The van der Waals surface area contributed by atoms with Crippen molar-refractivity contribution >= 4 is 17.3 Å². The second-order valence-electron chi connectivity index (χ2n) is 5.59. The van der Waals surface area contributed by atoms with E-state index in [0.29, 0.717) is 0 Å². The standard InChI is InChI=1S/C16H26ClN3/c1-3-16(4-2,13-18)20-10-8-19(9-11-20)15-7-5-6-14(17)12-15/h5-7,12H,3-4,8-11,13,18H2,1-2H3. The Kier molecular flexibility index (Phi) is 5.30. The number of hydrogen-bond donors (Lipinski definition) is 1. The largest absolute Gasteiger partial charge is 0.369 e. The van der Waals surface area contributed by atoms with Gasteiger partial charge < -0.3 is 10.6 Å². The Morgan fingerprint density at radius 3 is 2.30 bits per heavy atom. The van der Waals surface area contributed by atoms with E-state index in [2.05, 4.69) is 29.7 Å². The molecule has 1 aromatic carbocycles. The van der Waals surface area contributed by atoms with Crippen molar-refractivity contribution in [3.05, 3.63) is 29.3 Å². The van der Waals surface area contributed by atoms with Gasteiger partial charge in [-0.2, -0.15) is 0 Å². The fraction of sp³-hybridized carbons (Fsp3) is 0.625. The summed E-state index contributed by atoms with van der Waals surface area (Å²) in [6, 6.07) is 8.13. The van der Waals surface area contributed by atoms with Crippen molar-refractivity contribution in [3.63, 3.8) is 0 Å². The van der Waals surface area contributed by atoms with Gasteiger partial charge in [0.15, 0.2) is 0 Å². The maximum Gasteiger partial charge on any atom is 0.0426 e. The van der Waals surface area contributed by atoms with Crippen LogP contribution in [0.5, 0.6) is 0 Å². The summed E-state index contributed by atoms with van der Waals surface area (Å²) in [5.74, 6) is 0. The van der Waals surface area contributed by atoms with Crippen molar-refractivity contribution < 1.29 is 0 Å². The van der Waals surface area contributed by atoms with Gasteiger partial charge in [-0.25, -0.2) is 0 Å². The molecular weight excluding hydrogens is 270 g/mol. The van der Waals surface area contributed by atoms with Gasteiger partial charge in [-0.05, 0) is 31.0 Å². The Morgan fingerprint density at radius 2 is 1.80 bits per heavy atom. The number of nitrogens with two attached hydrogens (primary N) is 1. The van der Waals surface area contributed by atoms with Gasteiger partial charge in [0.1, 0.15) is 0 Å². The lowest BCUT2D eigenvalue weighted by Gasteiger charge is -2.47. The van der Waals surface area contributed by atoms with Gasteiger partial charge in [-0.1, -0.05) is 31.5 Å². The Bertz CT molecular complexity index is 415. The minimum Gasteiger partial charge on any atom is -0.369 e. The van der Waals surface area contributed by atoms with E-state index in [1.165, 1.54) is 5.69 Å². The molecule has 0 aromatic heterocycles. The molecule has 0 aliphatic carbocycles. The fourth-order valence-corrected chi connectivity index (χ4v) is 3.41. The highest BCUT2D eigenvalue weighted by Gasteiger charge is 2.34. The van der Waals surface area contributed by atoms with Crippen LogP contribution < -0.4 is 10.6 Å². The van der Waals surface area contributed by atoms with E-state index in [-0.39, 0.29) is 5.54 Å². The van der Waals surface area contributed by atoms with Crippen LogP contribution in [0.4, 0.5) is 5.69 Å². The quantitative estimate of drug-likeness (QED) is 0.906. The predicted molar refractivity (Wildman–Crippen MR) is 87.6 cm³/mol. The van der Waals surface area contributed by atoms with Crippen LogP contribution in [-0.2, 0) is 0 Å². The van der Waals surface area contributed by atoms with Crippen LogP contribution in [-0.4, -0.2) is 43.2 Å². The minimum atomic E-state index is 0.181. The fourth-order valence-electron chi connectivity index (χ4n) is 3.23. The number of benzene rings is 1. The molecule has 3 nitrogen and oxygen atoms in total. The van der Waals surface area contributed by atoms with E-state index in [9.17, 15) is 0 Å². The zero-order valence-corrected chi connectivity index (χ0v) is 13.4. The molecule has 0 spiro atoms. The molecule has 0 atom stereocenters. The molecule has 2 rings (SSSR count). The van der Waals surface area contributed by atoms with Crippen molar-refractivity contribution in [1.29, 1.82) is 0 Å².